The van der Waals surface area contributed by atoms with Gasteiger partial charge in [-0.3, -0.25) is 8.98 Å². The second kappa shape index (κ2) is 34.1. The first-order valence-electron chi connectivity index (χ1n) is 19.9. The van der Waals surface area contributed by atoms with Crippen molar-refractivity contribution in [1.82, 2.24) is 10.2 Å². The monoisotopic (exact) mass is 1030 g/mol. The molecule has 0 atom stereocenters. The van der Waals surface area contributed by atoms with Crippen LogP contribution < -0.4 is 113 Å². The Kier molecular flexibility index (Phi) is 34.1. The molecular weight excluding hydrogens is 978 g/mol. The molecule has 0 aromatic heterocycles. The predicted molar refractivity (Wildman–Crippen MR) is 233 cm³/mol. The molecular formula is C46H52ClF6K2N5O6S. The number of hydrogen-bond donors (Lipinski definition) is 1. The zero-order valence-corrected chi connectivity index (χ0v) is 45.7. The zero-order valence-electron chi connectivity index (χ0n) is 38.8. The minimum Gasteiger partial charge on any atom is -1.00 e. The number of likely N-dealkylation sites (tertiary alicyclic amines) is 1. The van der Waals surface area contributed by atoms with Crippen molar-refractivity contribution in [3.05, 3.63) is 143 Å². The Labute approximate surface area is 482 Å². The standard InChI is InChI=1S/C21H21F3N2.C12H14N2.C10H11F3O3S.C2H3N.CH2O3.ClH.2K.H/c22-21(23,24)19-9-5-4-6-17(19)10-13-26-14-11-20(16-25,12-15-26)18-7-2-1-3-8-18;13-10-12(6-8-14-9-7-12)11-4-2-1-3-5-11;1-17(14,15)16-7-6-8-4-2-3-5-9(8)10(11,12)13;1-2-3;2-1-4-3;;;;/h1-9H,10-15H2;1-5,14H,6-9H2;2-5H,6-7H2,1H3;1H3;1,3H;1H;;;/q;;;;;;2*+1;-1/p-1. The van der Waals surface area contributed by atoms with E-state index in [0.717, 1.165) is 63.0 Å². The van der Waals surface area contributed by atoms with Gasteiger partial charge in [0.1, 0.15) is 0 Å². The third kappa shape index (κ3) is 23.9. The van der Waals surface area contributed by atoms with Crippen LogP contribution in [0.2, 0.25) is 0 Å². The summed E-state index contributed by atoms with van der Waals surface area (Å²) in [6, 6.07) is 37.4. The van der Waals surface area contributed by atoms with Gasteiger partial charge >= 0.3 is 115 Å². The molecule has 0 spiro atoms. The van der Waals surface area contributed by atoms with Gasteiger partial charge in [0.05, 0.1) is 53.0 Å². The molecule has 4 aromatic rings. The quantitative estimate of drug-likeness (QED) is 0.0616. The number of alkyl halides is 6. The molecule has 2 aliphatic heterocycles. The molecule has 6 rings (SSSR count). The molecule has 1 N–H and O–H groups in total. The Morgan fingerprint density at radius 1 is 0.716 bits per heavy atom. The number of hydrogen-bond acceptors (Lipinski definition) is 11. The van der Waals surface area contributed by atoms with E-state index in [9.17, 15) is 45.3 Å². The molecule has 0 bridgehead atoms. The summed E-state index contributed by atoms with van der Waals surface area (Å²) in [6.07, 6.45) is -4.40. The van der Waals surface area contributed by atoms with Crippen molar-refractivity contribution in [3.8, 4) is 18.2 Å². The van der Waals surface area contributed by atoms with Gasteiger partial charge in [0, 0.05) is 13.5 Å². The van der Waals surface area contributed by atoms with Crippen LogP contribution in [0.1, 0.15) is 67.4 Å². The van der Waals surface area contributed by atoms with Gasteiger partial charge < -0.3 is 21.8 Å². The van der Waals surface area contributed by atoms with Gasteiger partial charge in [0.25, 0.3) is 16.6 Å². The number of benzene rings is 4. The molecule has 0 aliphatic carbocycles. The van der Waals surface area contributed by atoms with E-state index >= 15 is 0 Å². The summed E-state index contributed by atoms with van der Waals surface area (Å²) < 4.78 is 103. The molecule has 2 heterocycles. The van der Waals surface area contributed by atoms with E-state index in [1.165, 1.54) is 36.8 Å². The maximum absolute atomic E-state index is 13.1. The number of halogens is 7. The summed E-state index contributed by atoms with van der Waals surface area (Å²) in [5, 5.41) is 38.1. The molecule has 2 saturated heterocycles. The van der Waals surface area contributed by atoms with Gasteiger partial charge in [0.15, 0.2) is 0 Å². The summed E-state index contributed by atoms with van der Waals surface area (Å²) in [5.74, 6) is 0. The average molecular weight is 1030 g/mol. The van der Waals surface area contributed by atoms with Gasteiger partial charge in [-0.25, -0.2) is 0 Å². The van der Waals surface area contributed by atoms with Crippen molar-refractivity contribution in [3.63, 3.8) is 0 Å². The van der Waals surface area contributed by atoms with Crippen molar-refractivity contribution < 1.29 is 158 Å². The van der Waals surface area contributed by atoms with Gasteiger partial charge in [-0.15, -0.1) is 12.4 Å². The Hall–Kier alpha value is -2.25. The molecule has 67 heavy (non-hydrogen) atoms. The summed E-state index contributed by atoms with van der Waals surface area (Å²) in [4.78, 5) is 13.4. The van der Waals surface area contributed by atoms with Crippen LogP contribution in [-0.2, 0) is 60.0 Å². The summed E-state index contributed by atoms with van der Waals surface area (Å²) >= 11 is 0. The van der Waals surface area contributed by atoms with Crippen LogP contribution in [0.4, 0.5) is 26.3 Å². The van der Waals surface area contributed by atoms with E-state index in [4.69, 9.17) is 15.3 Å². The van der Waals surface area contributed by atoms with Gasteiger partial charge in [-0.2, -0.15) is 50.5 Å². The second-order valence-electron chi connectivity index (χ2n) is 14.5. The number of nitriles is 3. The molecule has 0 radical (unpaired) electrons. The van der Waals surface area contributed by atoms with Crippen LogP contribution in [0.25, 0.3) is 0 Å². The summed E-state index contributed by atoms with van der Waals surface area (Å²) in [6.45, 7) is 4.85. The number of rotatable bonds is 10. The molecule has 0 amide bonds. The van der Waals surface area contributed by atoms with E-state index in [1.54, 1.807) is 18.2 Å². The predicted octanol–water partition coefficient (Wildman–Crippen LogP) is 2.37. The normalized spacial score (nSPS) is 14.7. The first-order valence-corrected chi connectivity index (χ1v) is 21.7. The molecule has 0 saturated carbocycles. The van der Waals surface area contributed by atoms with E-state index in [1.807, 2.05) is 48.5 Å². The van der Waals surface area contributed by atoms with Crippen LogP contribution in [0.15, 0.2) is 109 Å². The number of nitrogens with one attached hydrogen (secondary N) is 1. The zero-order chi connectivity index (χ0) is 47.7. The third-order valence-electron chi connectivity index (χ3n) is 10.3. The first-order chi connectivity index (χ1) is 30.3. The number of piperidine rings is 2. The average Bonchev–Trinajstić information content (AvgIpc) is 3.29. The fourth-order valence-corrected chi connectivity index (χ4v) is 7.45. The SMILES string of the molecule is CC#N.CS(=O)(=O)OCCc1ccccc1C(F)(F)F.Cl.N#CC1(c2ccccc2)CCN(CCc2ccccc2C(F)(F)F)CC1.N#CC1(c2ccccc2)CCNCC1.O=CO[O-].[H-].[K+].[K+]. The molecule has 2 aliphatic rings. The molecule has 4 aromatic carbocycles. The smallest absolute Gasteiger partial charge is 1.00 e. The number of carbonyl (C=O) groups excluding carboxylic acids is 1. The van der Waals surface area contributed by atoms with Crippen molar-refractivity contribution in [1.29, 1.82) is 15.8 Å². The van der Waals surface area contributed by atoms with Crippen molar-refractivity contribution in [2.24, 2.45) is 0 Å². The van der Waals surface area contributed by atoms with Crippen LogP contribution in [0, 0.1) is 34.0 Å². The molecule has 2 fully saturated rings. The number of carbonyl (C=O) groups is 1. The molecule has 354 valence electrons. The van der Waals surface area contributed by atoms with E-state index in [0.29, 0.717) is 31.4 Å². The maximum Gasteiger partial charge on any atom is 1.00 e. The topological polar surface area (TPSA) is 179 Å². The Balaban J connectivity index is -0.000000881. The minimum atomic E-state index is -4.44. The van der Waals surface area contributed by atoms with Gasteiger partial charge in [-0.05, 0) is 99.1 Å². The van der Waals surface area contributed by atoms with E-state index in [-0.39, 0.29) is 147 Å². The molecule has 0 unspecified atom stereocenters. The Morgan fingerprint density at radius 2 is 1.07 bits per heavy atom. The van der Waals surface area contributed by atoms with Gasteiger partial charge in [0.2, 0.25) is 0 Å². The maximum atomic E-state index is 13.1. The Morgan fingerprint density at radius 3 is 1.43 bits per heavy atom. The minimum absolute atomic E-state index is 0. The first kappa shape index (κ1) is 66.8. The summed E-state index contributed by atoms with van der Waals surface area (Å²) in [5.41, 5.74) is 0.510. The van der Waals surface area contributed by atoms with Crippen molar-refractivity contribution >= 4 is 29.0 Å². The largest absolute Gasteiger partial charge is 1.00 e. The fraction of sp³-hybridized carbons (Fsp3) is 0.391. The second-order valence-corrected chi connectivity index (χ2v) is 16.1. The van der Waals surface area contributed by atoms with Gasteiger partial charge in [-0.1, -0.05) is 97.1 Å². The number of nitrogens with zero attached hydrogens (tertiary/aromatic N) is 4. The van der Waals surface area contributed by atoms with Crippen molar-refractivity contribution in [2.45, 2.75) is 68.6 Å². The fourth-order valence-electron chi connectivity index (χ4n) is 7.07. The molecule has 21 heteroatoms. The molecule has 11 nitrogen and oxygen atoms in total. The van der Waals surface area contributed by atoms with Crippen molar-refractivity contribution in [2.75, 3.05) is 45.6 Å². The van der Waals surface area contributed by atoms with Crippen LogP contribution >= 0.6 is 12.4 Å². The van der Waals surface area contributed by atoms with E-state index < -0.39 is 39.0 Å². The third-order valence-corrected chi connectivity index (χ3v) is 10.9. The van der Waals surface area contributed by atoms with Crippen LogP contribution in [0.3, 0.4) is 0 Å². The van der Waals surface area contributed by atoms with E-state index in [2.05, 4.69) is 43.6 Å². The summed E-state index contributed by atoms with van der Waals surface area (Å²) in [7, 11) is -3.62. The van der Waals surface area contributed by atoms with Crippen LogP contribution in [0.5, 0.6) is 0 Å². The van der Waals surface area contributed by atoms with Crippen LogP contribution in [-0.4, -0.2) is 65.4 Å². The Bertz CT molecular complexity index is 2260.